The zero-order chi connectivity index (χ0) is 20.8. The van der Waals surface area contributed by atoms with Crippen molar-refractivity contribution in [3.63, 3.8) is 0 Å². The van der Waals surface area contributed by atoms with E-state index in [1.165, 1.54) is 29.0 Å². The largest absolute Gasteiger partial charge is 0.486 e. The molecule has 0 unspecified atom stereocenters. The molecule has 7 heteroatoms. The van der Waals surface area contributed by atoms with E-state index in [2.05, 4.69) is 34.1 Å². The Hall–Kier alpha value is -2.77. The molecule has 1 aromatic heterocycles. The first-order valence-electron chi connectivity index (χ1n) is 10.0. The van der Waals surface area contributed by atoms with Gasteiger partial charge in [-0.1, -0.05) is 30.3 Å². The van der Waals surface area contributed by atoms with Crippen molar-refractivity contribution in [3.8, 4) is 5.75 Å². The van der Waals surface area contributed by atoms with Crippen molar-refractivity contribution in [3.05, 3.63) is 82.1 Å². The van der Waals surface area contributed by atoms with Crippen LogP contribution in [0.5, 0.6) is 5.75 Å². The summed E-state index contributed by atoms with van der Waals surface area (Å²) in [5, 5.41) is 2.71. The van der Waals surface area contributed by atoms with Gasteiger partial charge in [0.1, 0.15) is 23.2 Å². The number of carbonyl (C=O) groups excluding carboxylic acids is 1. The van der Waals surface area contributed by atoms with Crippen LogP contribution in [0.2, 0.25) is 0 Å². The minimum atomic E-state index is -0.293. The minimum absolute atomic E-state index is 0.116. The van der Waals surface area contributed by atoms with Crippen LogP contribution < -0.4 is 4.74 Å². The van der Waals surface area contributed by atoms with E-state index >= 15 is 0 Å². The van der Waals surface area contributed by atoms with Crippen molar-refractivity contribution in [2.75, 3.05) is 26.2 Å². The molecule has 1 aliphatic rings. The first kappa shape index (κ1) is 20.5. The van der Waals surface area contributed by atoms with E-state index in [4.69, 9.17) is 4.74 Å². The van der Waals surface area contributed by atoms with Crippen LogP contribution in [0.25, 0.3) is 0 Å². The van der Waals surface area contributed by atoms with Gasteiger partial charge in [-0.3, -0.25) is 9.69 Å². The Morgan fingerprint density at radius 1 is 1.03 bits per heavy atom. The van der Waals surface area contributed by atoms with Gasteiger partial charge in [0.15, 0.2) is 0 Å². The summed E-state index contributed by atoms with van der Waals surface area (Å²) in [6.07, 6.45) is 0.311. The third kappa shape index (κ3) is 5.64. The topological polar surface area (TPSA) is 45.7 Å². The van der Waals surface area contributed by atoms with E-state index in [0.717, 1.165) is 43.4 Å². The highest BCUT2D eigenvalue weighted by Crippen LogP contribution is 2.17. The maximum atomic E-state index is 12.9. The minimum Gasteiger partial charge on any atom is -0.486 e. The fourth-order valence-electron chi connectivity index (χ4n) is 3.44. The molecule has 1 aliphatic heterocycles. The third-order valence-electron chi connectivity index (χ3n) is 5.08. The molecule has 30 heavy (non-hydrogen) atoms. The molecule has 0 atom stereocenters. The SMILES string of the molecule is O=C(Cc1csc(COc2ccc(F)cc2)n1)N1CCN(Cc2ccccc2)CC1. The average molecular weight is 426 g/mol. The van der Waals surface area contributed by atoms with Crippen LogP contribution in [-0.4, -0.2) is 46.9 Å². The molecule has 156 valence electrons. The Bertz CT molecular complexity index is 954. The van der Waals surface area contributed by atoms with Crippen LogP contribution >= 0.6 is 11.3 Å². The highest BCUT2D eigenvalue weighted by Gasteiger charge is 2.22. The lowest BCUT2D eigenvalue weighted by Gasteiger charge is -2.34. The van der Waals surface area contributed by atoms with E-state index in [9.17, 15) is 9.18 Å². The lowest BCUT2D eigenvalue weighted by Crippen LogP contribution is -2.48. The van der Waals surface area contributed by atoms with Crippen LogP contribution in [0, 0.1) is 5.82 Å². The molecule has 1 amide bonds. The molecule has 0 N–H and O–H groups in total. The predicted molar refractivity (Wildman–Crippen MR) is 115 cm³/mol. The first-order valence-corrected chi connectivity index (χ1v) is 10.9. The summed E-state index contributed by atoms with van der Waals surface area (Å²) >= 11 is 1.47. The molecule has 2 aromatic carbocycles. The number of thiazole rings is 1. The molecule has 0 spiro atoms. The van der Waals surface area contributed by atoms with Gasteiger partial charge in [-0.15, -0.1) is 11.3 Å². The van der Waals surface area contributed by atoms with Crippen molar-refractivity contribution in [2.45, 2.75) is 19.6 Å². The normalized spacial score (nSPS) is 14.6. The first-order chi connectivity index (χ1) is 14.7. The third-order valence-corrected chi connectivity index (χ3v) is 5.95. The summed E-state index contributed by atoms with van der Waals surface area (Å²) in [4.78, 5) is 21.5. The molecule has 5 nitrogen and oxygen atoms in total. The Kier molecular flexibility index (Phi) is 6.71. The summed E-state index contributed by atoms with van der Waals surface area (Å²) in [6, 6.07) is 16.3. The van der Waals surface area contributed by atoms with Crippen LogP contribution in [0.4, 0.5) is 4.39 Å². The summed E-state index contributed by atoms with van der Waals surface area (Å²) in [5.74, 6) is 0.418. The molecule has 3 aromatic rings. The van der Waals surface area contributed by atoms with Crippen LogP contribution in [-0.2, 0) is 24.4 Å². The van der Waals surface area contributed by atoms with Crippen molar-refractivity contribution >= 4 is 17.2 Å². The second-order valence-corrected chi connectivity index (χ2v) is 8.24. The highest BCUT2D eigenvalue weighted by molar-refractivity contribution is 7.09. The van der Waals surface area contributed by atoms with Gasteiger partial charge >= 0.3 is 0 Å². The maximum absolute atomic E-state index is 12.9. The smallest absolute Gasteiger partial charge is 0.228 e. The quantitative estimate of drug-likeness (QED) is 0.578. The summed E-state index contributed by atoms with van der Waals surface area (Å²) in [5.41, 5.74) is 2.07. The van der Waals surface area contributed by atoms with Gasteiger partial charge in [0.2, 0.25) is 5.91 Å². The molecule has 4 rings (SSSR count). The number of hydrogen-bond acceptors (Lipinski definition) is 5. The highest BCUT2D eigenvalue weighted by atomic mass is 32.1. The number of benzene rings is 2. The zero-order valence-electron chi connectivity index (χ0n) is 16.7. The lowest BCUT2D eigenvalue weighted by molar-refractivity contribution is -0.132. The van der Waals surface area contributed by atoms with E-state index in [1.807, 2.05) is 16.3 Å². The molecule has 2 heterocycles. The molecular formula is C23H24FN3O2S. The number of aromatic nitrogens is 1. The predicted octanol–water partition coefficient (Wildman–Crippen LogP) is 3.75. The van der Waals surface area contributed by atoms with Gasteiger partial charge in [0, 0.05) is 38.1 Å². The van der Waals surface area contributed by atoms with Crippen molar-refractivity contribution in [1.29, 1.82) is 0 Å². The lowest BCUT2D eigenvalue weighted by atomic mass is 10.2. The Morgan fingerprint density at radius 3 is 2.50 bits per heavy atom. The monoisotopic (exact) mass is 425 g/mol. The Balaban J connectivity index is 1.22. The Morgan fingerprint density at radius 2 is 1.77 bits per heavy atom. The summed E-state index contributed by atoms with van der Waals surface area (Å²) in [7, 11) is 0. The second-order valence-electron chi connectivity index (χ2n) is 7.29. The number of hydrogen-bond donors (Lipinski definition) is 0. The standard InChI is InChI=1S/C23H24FN3O2S/c24-19-6-8-21(9-7-19)29-16-22-25-20(17-30-22)14-23(28)27-12-10-26(11-13-27)15-18-4-2-1-3-5-18/h1-9,17H,10-16H2. The van der Waals surface area contributed by atoms with Crippen LogP contribution in [0.3, 0.4) is 0 Å². The van der Waals surface area contributed by atoms with Gasteiger partial charge in [-0.05, 0) is 29.8 Å². The van der Waals surface area contributed by atoms with Gasteiger partial charge in [-0.2, -0.15) is 0 Å². The van der Waals surface area contributed by atoms with E-state index in [0.29, 0.717) is 18.8 Å². The Labute approximate surface area is 179 Å². The van der Waals surface area contributed by atoms with Crippen molar-refractivity contribution in [1.82, 2.24) is 14.8 Å². The number of halogens is 1. The van der Waals surface area contributed by atoms with Crippen molar-refractivity contribution < 1.29 is 13.9 Å². The summed E-state index contributed by atoms with van der Waals surface area (Å²) < 4.78 is 18.6. The van der Waals surface area contributed by atoms with E-state index in [-0.39, 0.29) is 11.7 Å². The molecule has 1 saturated heterocycles. The molecule has 0 radical (unpaired) electrons. The molecular weight excluding hydrogens is 401 g/mol. The number of carbonyl (C=O) groups is 1. The van der Waals surface area contributed by atoms with E-state index in [1.54, 1.807) is 12.1 Å². The van der Waals surface area contributed by atoms with Gasteiger partial charge in [0.05, 0.1) is 12.1 Å². The van der Waals surface area contributed by atoms with Crippen LogP contribution in [0.15, 0.2) is 60.0 Å². The fraction of sp³-hybridized carbons (Fsp3) is 0.304. The number of ether oxygens (including phenoxy) is 1. The molecule has 1 fully saturated rings. The number of amides is 1. The maximum Gasteiger partial charge on any atom is 0.228 e. The molecule has 0 saturated carbocycles. The average Bonchev–Trinajstić information content (AvgIpc) is 3.22. The molecule has 0 bridgehead atoms. The zero-order valence-corrected chi connectivity index (χ0v) is 17.5. The van der Waals surface area contributed by atoms with Gasteiger partial charge in [0.25, 0.3) is 0 Å². The van der Waals surface area contributed by atoms with Gasteiger partial charge < -0.3 is 9.64 Å². The van der Waals surface area contributed by atoms with Crippen molar-refractivity contribution in [2.24, 2.45) is 0 Å². The molecule has 0 aliphatic carbocycles. The fourth-order valence-corrected chi connectivity index (χ4v) is 4.14. The second kappa shape index (κ2) is 9.82. The van der Waals surface area contributed by atoms with Gasteiger partial charge in [-0.25, -0.2) is 9.37 Å². The number of piperazine rings is 1. The van der Waals surface area contributed by atoms with E-state index < -0.39 is 0 Å². The number of rotatable bonds is 7. The summed E-state index contributed by atoms with van der Waals surface area (Å²) in [6.45, 7) is 4.49. The number of nitrogens with zero attached hydrogens (tertiary/aromatic N) is 3. The van der Waals surface area contributed by atoms with Crippen LogP contribution in [0.1, 0.15) is 16.3 Å².